The Kier molecular flexibility index (Phi) is 5.40. The highest BCUT2D eigenvalue weighted by molar-refractivity contribution is 5.94. The number of rotatable bonds is 4. The first kappa shape index (κ1) is 16.6. The van der Waals surface area contributed by atoms with Gasteiger partial charge in [-0.3, -0.25) is 15.0 Å². The van der Waals surface area contributed by atoms with E-state index in [9.17, 15) is 14.4 Å². The number of urea groups is 1. The lowest BCUT2D eigenvalue weighted by Crippen LogP contribution is -2.56. The molecule has 0 bridgehead atoms. The van der Waals surface area contributed by atoms with Crippen LogP contribution in [0.15, 0.2) is 24.3 Å². The number of hydrogen-bond acceptors (Lipinski definition) is 5. The lowest BCUT2D eigenvalue weighted by Gasteiger charge is -2.31. The van der Waals surface area contributed by atoms with Crippen LogP contribution in [-0.4, -0.2) is 43.2 Å². The zero-order valence-corrected chi connectivity index (χ0v) is 13.0. The molecule has 124 valence electrons. The molecule has 0 spiro atoms. The number of esters is 1. The molecule has 0 aliphatic carbocycles. The minimum atomic E-state index is -0.679. The Morgan fingerprint density at radius 2 is 2.13 bits per heavy atom. The van der Waals surface area contributed by atoms with Crippen LogP contribution in [0.5, 0.6) is 5.75 Å². The van der Waals surface area contributed by atoms with Gasteiger partial charge in [0.25, 0.3) is 0 Å². The van der Waals surface area contributed by atoms with Crippen molar-refractivity contribution >= 4 is 23.6 Å². The van der Waals surface area contributed by atoms with E-state index in [0.29, 0.717) is 18.0 Å². The van der Waals surface area contributed by atoms with Crippen LogP contribution in [0.25, 0.3) is 0 Å². The molecule has 1 fully saturated rings. The minimum absolute atomic E-state index is 0.00795. The molecular formula is C15H19N3O5. The van der Waals surface area contributed by atoms with Crippen molar-refractivity contribution in [3.63, 3.8) is 0 Å². The number of ether oxygens (including phenoxy) is 2. The van der Waals surface area contributed by atoms with Gasteiger partial charge in [-0.05, 0) is 19.1 Å². The lowest BCUT2D eigenvalue weighted by atomic mass is 10.0. The number of amides is 3. The van der Waals surface area contributed by atoms with Crippen molar-refractivity contribution in [2.75, 3.05) is 25.6 Å². The fourth-order valence-electron chi connectivity index (χ4n) is 2.24. The second kappa shape index (κ2) is 7.48. The van der Waals surface area contributed by atoms with Crippen LogP contribution in [0.3, 0.4) is 0 Å². The number of nitrogens with one attached hydrogen (secondary N) is 2. The van der Waals surface area contributed by atoms with E-state index in [1.165, 1.54) is 7.11 Å². The van der Waals surface area contributed by atoms with Crippen molar-refractivity contribution in [3.8, 4) is 5.75 Å². The van der Waals surface area contributed by atoms with Crippen molar-refractivity contribution in [2.24, 2.45) is 5.92 Å². The highest BCUT2D eigenvalue weighted by Crippen LogP contribution is 2.24. The summed E-state index contributed by atoms with van der Waals surface area (Å²) in [5, 5.41) is 3.72. The second-order valence-corrected chi connectivity index (χ2v) is 4.93. The largest absolute Gasteiger partial charge is 0.492 e. The Labute approximate surface area is 133 Å². The molecule has 2 N–H and O–H groups in total. The lowest BCUT2D eigenvalue weighted by molar-refractivity contribution is -0.151. The van der Waals surface area contributed by atoms with Gasteiger partial charge in [0.2, 0.25) is 5.91 Å². The van der Waals surface area contributed by atoms with Crippen molar-refractivity contribution in [2.45, 2.75) is 13.3 Å². The van der Waals surface area contributed by atoms with Crippen molar-refractivity contribution in [3.05, 3.63) is 24.3 Å². The van der Waals surface area contributed by atoms with Gasteiger partial charge in [-0.2, -0.15) is 0 Å². The predicted molar refractivity (Wildman–Crippen MR) is 81.6 cm³/mol. The average Bonchev–Trinajstić information content (AvgIpc) is 2.55. The number of nitrogens with zero attached hydrogens (tertiary/aromatic N) is 1. The third-order valence-corrected chi connectivity index (χ3v) is 3.30. The number of hydrazine groups is 1. The number of hydrogen-bond donors (Lipinski definition) is 2. The van der Waals surface area contributed by atoms with Gasteiger partial charge in [0.1, 0.15) is 5.75 Å². The van der Waals surface area contributed by atoms with Crippen LogP contribution in [0.4, 0.5) is 10.5 Å². The van der Waals surface area contributed by atoms with E-state index in [1.54, 1.807) is 24.3 Å². The Morgan fingerprint density at radius 1 is 1.39 bits per heavy atom. The van der Waals surface area contributed by atoms with Crippen LogP contribution in [0, 0.1) is 5.92 Å². The van der Waals surface area contributed by atoms with E-state index >= 15 is 0 Å². The molecule has 23 heavy (non-hydrogen) atoms. The first-order valence-corrected chi connectivity index (χ1v) is 7.22. The highest BCUT2D eigenvalue weighted by atomic mass is 16.5. The fourth-order valence-corrected chi connectivity index (χ4v) is 2.24. The molecule has 8 nitrogen and oxygen atoms in total. The van der Waals surface area contributed by atoms with E-state index in [1.807, 2.05) is 6.92 Å². The normalized spacial score (nSPS) is 17.2. The molecule has 1 aromatic rings. The molecule has 0 radical (unpaired) electrons. The quantitative estimate of drug-likeness (QED) is 0.811. The highest BCUT2D eigenvalue weighted by Gasteiger charge is 2.33. The third kappa shape index (κ3) is 4.12. The molecule has 1 heterocycles. The summed E-state index contributed by atoms with van der Waals surface area (Å²) in [6.45, 7) is 2.34. The van der Waals surface area contributed by atoms with Crippen LogP contribution in [-0.2, 0) is 14.3 Å². The number of anilines is 1. The summed E-state index contributed by atoms with van der Waals surface area (Å²) in [5.41, 5.74) is 2.91. The maximum absolute atomic E-state index is 12.3. The van der Waals surface area contributed by atoms with E-state index in [0.717, 1.165) is 5.01 Å². The summed E-state index contributed by atoms with van der Waals surface area (Å²) in [6.07, 6.45) is -0.00795. The van der Waals surface area contributed by atoms with Crippen molar-refractivity contribution < 1.29 is 23.9 Å². The van der Waals surface area contributed by atoms with Gasteiger partial charge >= 0.3 is 12.0 Å². The van der Waals surface area contributed by atoms with E-state index < -0.39 is 23.8 Å². The Hall–Kier alpha value is -2.77. The standard InChI is InChI=1S/C15H19N3O5/c1-3-23-12-7-5-4-6-11(12)16-15(21)18-9-10(14(20)22-2)8-13(19)17-18/h4-7,10H,3,8-9H2,1-2H3,(H,16,21)(H,17,19). The van der Waals surface area contributed by atoms with Crippen LogP contribution >= 0.6 is 0 Å². The van der Waals surface area contributed by atoms with E-state index in [2.05, 4.69) is 15.5 Å². The Bertz CT molecular complexity index is 605. The Balaban J connectivity index is 2.08. The molecule has 8 heteroatoms. The third-order valence-electron chi connectivity index (χ3n) is 3.30. The van der Waals surface area contributed by atoms with Crippen LogP contribution < -0.4 is 15.5 Å². The number of benzene rings is 1. The zero-order valence-electron chi connectivity index (χ0n) is 13.0. The fraction of sp³-hybridized carbons (Fsp3) is 0.400. The van der Waals surface area contributed by atoms with Gasteiger partial charge in [0, 0.05) is 6.42 Å². The molecule has 1 aliphatic rings. The monoisotopic (exact) mass is 321 g/mol. The summed E-state index contributed by atoms with van der Waals surface area (Å²) < 4.78 is 10.1. The number of para-hydroxylation sites is 2. The number of carbonyl (C=O) groups excluding carboxylic acids is 3. The summed E-state index contributed by atoms with van der Waals surface area (Å²) >= 11 is 0. The Morgan fingerprint density at radius 3 is 2.83 bits per heavy atom. The first-order valence-electron chi connectivity index (χ1n) is 7.22. The number of carbonyl (C=O) groups is 3. The van der Waals surface area contributed by atoms with Crippen molar-refractivity contribution in [1.82, 2.24) is 10.4 Å². The minimum Gasteiger partial charge on any atom is -0.492 e. The molecule has 0 saturated carbocycles. The van der Waals surface area contributed by atoms with Crippen LogP contribution in [0.2, 0.25) is 0 Å². The van der Waals surface area contributed by atoms with Crippen molar-refractivity contribution in [1.29, 1.82) is 0 Å². The summed E-state index contributed by atoms with van der Waals surface area (Å²) in [7, 11) is 1.25. The topological polar surface area (TPSA) is 97.0 Å². The predicted octanol–water partition coefficient (Wildman–Crippen LogP) is 1.14. The molecule has 1 saturated heterocycles. The van der Waals surface area contributed by atoms with Gasteiger partial charge in [-0.15, -0.1) is 0 Å². The molecule has 1 unspecified atom stereocenters. The smallest absolute Gasteiger partial charge is 0.340 e. The molecule has 0 aromatic heterocycles. The maximum Gasteiger partial charge on any atom is 0.340 e. The summed E-state index contributed by atoms with van der Waals surface area (Å²) in [6, 6.07) is 6.40. The van der Waals surface area contributed by atoms with Gasteiger partial charge in [0.15, 0.2) is 0 Å². The van der Waals surface area contributed by atoms with Gasteiger partial charge in [0.05, 0.1) is 31.9 Å². The molecule has 3 amide bonds. The van der Waals surface area contributed by atoms with E-state index in [-0.39, 0.29) is 13.0 Å². The molecule has 1 aromatic carbocycles. The average molecular weight is 321 g/mol. The van der Waals surface area contributed by atoms with Gasteiger partial charge in [-0.25, -0.2) is 9.80 Å². The zero-order chi connectivity index (χ0) is 16.8. The van der Waals surface area contributed by atoms with Gasteiger partial charge in [-0.1, -0.05) is 12.1 Å². The summed E-state index contributed by atoms with van der Waals surface area (Å²) in [5.74, 6) is -1.09. The maximum atomic E-state index is 12.3. The molecular weight excluding hydrogens is 302 g/mol. The van der Waals surface area contributed by atoms with Gasteiger partial charge < -0.3 is 14.8 Å². The summed E-state index contributed by atoms with van der Waals surface area (Å²) in [4.78, 5) is 35.6. The SMILES string of the molecule is CCOc1ccccc1NC(=O)N1CC(C(=O)OC)CC(=O)N1. The molecule has 1 aliphatic heterocycles. The van der Waals surface area contributed by atoms with Crippen LogP contribution in [0.1, 0.15) is 13.3 Å². The molecule has 1 atom stereocenters. The molecule has 2 rings (SSSR count). The second-order valence-electron chi connectivity index (χ2n) is 4.93. The van der Waals surface area contributed by atoms with E-state index in [4.69, 9.17) is 4.74 Å². The first-order chi connectivity index (χ1) is 11.0. The number of methoxy groups -OCH3 is 1.